The monoisotopic (exact) mass is 268 g/mol. The van der Waals surface area contributed by atoms with Crippen molar-refractivity contribution in [3.8, 4) is 0 Å². The van der Waals surface area contributed by atoms with Crippen LogP contribution in [-0.2, 0) is 4.79 Å². The van der Waals surface area contributed by atoms with Gasteiger partial charge in [0.05, 0.1) is 16.7 Å². The normalized spacial score (nSPS) is 24.0. The molecule has 1 aliphatic rings. The predicted molar refractivity (Wildman–Crippen MR) is 67.7 cm³/mol. The second kappa shape index (κ2) is 4.68. The van der Waals surface area contributed by atoms with E-state index in [0.29, 0.717) is 24.2 Å². The van der Waals surface area contributed by atoms with E-state index in [2.05, 4.69) is 4.37 Å². The number of carboxylic acids is 1. The highest BCUT2D eigenvalue weighted by molar-refractivity contribution is 7.03. The number of aromatic nitrogens is 1. The largest absolute Gasteiger partial charge is 0.481 e. The summed E-state index contributed by atoms with van der Waals surface area (Å²) in [5.74, 6) is -0.936. The molecule has 0 spiro atoms. The lowest BCUT2D eigenvalue weighted by Gasteiger charge is -2.37. The Balaban J connectivity index is 2.17. The van der Waals surface area contributed by atoms with Gasteiger partial charge in [0.25, 0.3) is 5.91 Å². The number of rotatable bonds is 2. The van der Waals surface area contributed by atoms with Gasteiger partial charge in [-0.2, -0.15) is 4.37 Å². The summed E-state index contributed by atoms with van der Waals surface area (Å²) in [6, 6.07) is 0. The molecule has 0 bridgehead atoms. The minimum absolute atomic E-state index is 0.103. The molecule has 0 aromatic carbocycles. The van der Waals surface area contributed by atoms with E-state index in [0.717, 1.165) is 6.42 Å². The summed E-state index contributed by atoms with van der Waals surface area (Å²) in [4.78, 5) is 25.2. The summed E-state index contributed by atoms with van der Waals surface area (Å²) in [6.07, 6.45) is 1.35. The molecule has 2 heterocycles. The van der Waals surface area contributed by atoms with Crippen LogP contribution in [0.2, 0.25) is 0 Å². The number of aryl methyl sites for hydroxylation is 1. The molecular weight excluding hydrogens is 252 g/mol. The van der Waals surface area contributed by atoms with E-state index in [1.807, 2.05) is 0 Å². The second-order valence-electron chi connectivity index (χ2n) is 5.01. The molecule has 1 N–H and O–H groups in total. The third-order valence-corrected chi connectivity index (χ3v) is 4.20. The topological polar surface area (TPSA) is 70.5 Å². The van der Waals surface area contributed by atoms with Crippen molar-refractivity contribution in [1.29, 1.82) is 0 Å². The molecule has 1 atom stereocenters. The number of hydrogen-bond acceptors (Lipinski definition) is 4. The molecule has 1 fully saturated rings. The molecule has 0 aliphatic carbocycles. The van der Waals surface area contributed by atoms with E-state index in [4.69, 9.17) is 0 Å². The van der Waals surface area contributed by atoms with Gasteiger partial charge in [-0.3, -0.25) is 9.59 Å². The molecule has 0 saturated carbocycles. The number of hydrogen-bond donors (Lipinski definition) is 1. The summed E-state index contributed by atoms with van der Waals surface area (Å²) in [7, 11) is 0. The lowest BCUT2D eigenvalue weighted by atomic mass is 9.82. The average molecular weight is 268 g/mol. The van der Waals surface area contributed by atoms with Crippen LogP contribution in [0.15, 0.2) is 5.38 Å². The summed E-state index contributed by atoms with van der Waals surface area (Å²) >= 11 is 1.25. The molecular formula is C12H16N2O3S. The number of nitrogens with zero attached hydrogens (tertiary/aromatic N) is 2. The van der Waals surface area contributed by atoms with Gasteiger partial charge in [0.15, 0.2) is 0 Å². The maximum atomic E-state index is 12.3. The first-order valence-corrected chi connectivity index (χ1v) is 6.71. The van der Waals surface area contributed by atoms with Crippen molar-refractivity contribution in [3.05, 3.63) is 16.6 Å². The van der Waals surface area contributed by atoms with Gasteiger partial charge in [-0.25, -0.2) is 0 Å². The zero-order valence-electron chi connectivity index (χ0n) is 10.5. The van der Waals surface area contributed by atoms with Gasteiger partial charge in [0, 0.05) is 18.5 Å². The highest BCUT2D eigenvalue weighted by Crippen LogP contribution is 2.30. The first kappa shape index (κ1) is 13.0. The third kappa shape index (κ3) is 2.25. The zero-order chi connectivity index (χ0) is 13.3. The van der Waals surface area contributed by atoms with E-state index >= 15 is 0 Å². The standard InChI is InChI=1S/C12H16N2O3S/c1-8-9(6-18-13-8)10(15)14-5-3-4-12(2,7-14)11(16)17/h6H,3-5,7H2,1-2H3,(H,16,17). The number of aliphatic carboxylic acids is 1. The third-order valence-electron chi connectivity index (χ3n) is 3.48. The molecule has 1 aromatic heterocycles. The Morgan fingerprint density at radius 3 is 2.83 bits per heavy atom. The number of likely N-dealkylation sites (tertiary alicyclic amines) is 1. The fourth-order valence-electron chi connectivity index (χ4n) is 2.26. The molecule has 1 amide bonds. The molecule has 1 aromatic rings. The quantitative estimate of drug-likeness (QED) is 0.887. The predicted octanol–water partition coefficient (Wildman–Crippen LogP) is 1.78. The van der Waals surface area contributed by atoms with Crippen LogP contribution < -0.4 is 0 Å². The van der Waals surface area contributed by atoms with E-state index in [9.17, 15) is 14.7 Å². The molecule has 1 saturated heterocycles. The number of carboxylic acid groups (broad SMARTS) is 1. The molecule has 0 radical (unpaired) electrons. The van der Waals surface area contributed by atoms with Crippen LogP contribution in [0, 0.1) is 12.3 Å². The highest BCUT2D eigenvalue weighted by atomic mass is 32.1. The molecule has 1 aliphatic heterocycles. The molecule has 1 unspecified atom stereocenters. The lowest BCUT2D eigenvalue weighted by Crippen LogP contribution is -2.48. The van der Waals surface area contributed by atoms with Gasteiger partial charge in [-0.1, -0.05) is 0 Å². The Kier molecular flexibility index (Phi) is 3.38. The van der Waals surface area contributed by atoms with Gasteiger partial charge in [0.2, 0.25) is 0 Å². The fraction of sp³-hybridized carbons (Fsp3) is 0.583. The fourth-order valence-corrected chi connectivity index (χ4v) is 2.94. The van der Waals surface area contributed by atoms with Crippen molar-refractivity contribution in [2.75, 3.05) is 13.1 Å². The van der Waals surface area contributed by atoms with Crippen molar-refractivity contribution in [3.63, 3.8) is 0 Å². The first-order chi connectivity index (χ1) is 8.44. The Morgan fingerprint density at radius 2 is 2.28 bits per heavy atom. The SMILES string of the molecule is Cc1nscc1C(=O)N1CCCC(C)(C(=O)O)C1. The van der Waals surface area contributed by atoms with Crippen molar-refractivity contribution in [2.24, 2.45) is 5.41 Å². The van der Waals surface area contributed by atoms with Crippen LogP contribution >= 0.6 is 11.5 Å². The minimum Gasteiger partial charge on any atom is -0.481 e. The Hall–Kier alpha value is -1.43. The number of carbonyl (C=O) groups is 2. The summed E-state index contributed by atoms with van der Waals surface area (Å²) in [5, 5.41) is 11.0. The maximum absolute atomic E-state index is 12.3. The second-order valence-corrected chi connectivity index (χ2v) is 5.64. The van der Waals surface area contributed by atoms with Gasteiger partial charge in [-0.05, 0) is 38.2 Å². The van der Waals surface area contributed by atoms with Gasteiger partial charge >= 0.3 is 5.97 Å². The molecule has 6 heteroatoms. The Morgan fingerprint density at radius 1 is 1.56 bits per heavy atom. The van der Waals surface area contributed by atoms with Crippen LogP contribution in [0.5, 0.6) is 0 Å². The summed E-state index contributed by atoms with van der Waals surface area (Å²) in [6.45, 7) is 4.39. The number of piperidine rings is 1. The van der Waals surface area contributed by atoms with E-state index in [1.165, 1.54) is 11.5 Å². The molecule has 18 heavy (non-hydrogen) atoms. The van der Waals surface area contributed by atoms with Gasteiger partial charge in [-0.15, -0.1) is 0 Å². The highest BCUT2D eigenvalue weighted by Gasteiger charge is 2.39. The van der Waals surface area contributed by atoms with Crippen LogP contribution in [0.4, 0.5) is 0 Å². The van der Waals surface area contributed by atoms with Crippen molar-refractivity contribution >= 4 is 23.4 Å². The van der Waals surface area contributed by atoms with Crippen molar-refractivity contribution in [1.82, 2.24) is 9.27 Å². The number of amides is 1. The zero-order valence-corrected chi connectivity index (χ0v) is 11.3. The summed E-state index contributed by atoms with van der Waals surface area (Å²) in [5.41, 5.74) is 0.480. The van der Waals surface area contributed by atoms with Gasteiger partial charge in [0.1, 0.15) is 0 Å². The van der Waals surface area contributed by atoms with E-state index < -0.39 is 11.4 Å². The Labute approximate surface area is 110 Å². The molecule has 98 valence electrons. The lowest BCUT2D eigenvalue weighted by molar-refractivity contribution is -0.150. The smallest absolute Gasteiger partial charge is 0.311 e. The van der Waals surface area contributed by atoms with Crippen LogP contribution in [0.25, 0.3) is 0 Å². The number of carbonyl (C=O) groups excluding carboxylic acids is 1. The molecule has 5 nitrogen and oxygen atoms in total. The maximum Gasteiger partial charge on any atom is 0.311 e. The minimum atomic E-state index is -0.833. The van der Waals surface area contributed by atoms with Crippen LogP contribution in [0.1, 0.15) is 35.8 Å². The van der Waals surface area contributed by atoms with Gasteiger partial charge < -0.3 is 10.0 Å². The summed E-state index contributed by atoms with van der Waals surface area (Å²) < 4.78 is 4.08. The van der Waals surface area contributed by atoms with E-state index in [1.54, 1.807) is 24.1 Å². The van der Waals surface area contributed by atoms with Crippen molar-refractivity contribution in [2.45, 2.75) is 26.7 Å². The first-order valence-electron chi connectivity index (χ1n) is 5.88. The van der Waals surface area contributed by atoms with Crippen molar-refractivity contribution < 1.29 is 14.7 Å². The average Bonchev–Trinajstić information content (AvgIpc) is 2.74. The van der Waals surface area contributed by atoms with Crippen LogP contribution in [0.3, 0.4) is 0 Å². The van der Waals surface area contributed by atoms with Crippen LogP contribution in [-0.4, -0.2) is 39.3 Å². The molecule has 2 rings (SSSR count). The van der Waals surface area contributed by atoms with E-state index in [-0.39, 0.29) is 12.5 Å². The Bertz CT molecular complexity index is 485.